The second-order valence-corrected chi connectivity index (χ2v) is 4.71. The van der Waals surface area contributed by atoms with Gasteiger partial charge in [-0.2, -0.15) is 0 Å². The van der Waals surface area contributed by atoms with E-state index in [0.717, 1.165) is 18.7 Å². The van der Waals surface area contributed by atoms with E-state index in [2.05, 4.69) is 9.88 Å². The van der Waals surface area contributed by atoms with Crippen molar-refractivity contribution in [2.75, 3.05) is 5.32 Å². The molecule has 1 N–H and O–H groups in total. The smallest absolute Gasteiger partial charge is 0.224 e. The Bertz CT molecular complexity index is 571. The van der Waals surface area contributed by atoms with Crippen molar-refractivity contribution in [3.8, 4) is 0 Å². The van der Waals surface area contributed by atoms with E-state index in [1.807, 2.05) is 24.5 Å². The number of anilines is 1. The van der Waals surface area contributed by atoms with Crippen molar-refractivity contribution < 1.29 is 9.59 Å². The first-order valence-electron chi connectivity index (χ1n) is 6.67. The summed E-state index contributed by atoms with van der Waals surface area (Å²) in [6, 6.07) is 10.9. The van der Waals surface area contributed by atoms with Crippen LogP contribution in [-0.2, 0) is 11.3 Å². The molecule has 1 heterocycles. The van der Waals surface area contributed by atoms with Crippen LogP contribution in [0.25, 0.3) is 0 Å². The number of nitrogens with one attached hydrogen (secondary N) is 1. The molecule has 1 aromatic heterocycles. The molecule has 2 aromatic rings. The maximum absolute atomic E-state index is 11.8. The van der Waals surface area contributed by atoms with E-state index in [1.165, 1.54) is 6.92 Å². The number of hydrogen-bond donors (Lipinski definition) is 1. The Morgan fingerprint density at radius 1 is 1.10 bits per heavy atom. The van der Waals surface area contributed by atoms with E-state index in [4.69, 9.17) is 0 Å². The SMILES string of the molecule is CC(=O)c1ccc(NC(=O)CCCn2cccc2)cc1. The molecule has 0 atom stereocenters. The van der Waals surface area contributed by atoms with Crippen molar-refractivity contribution in [1.29, 1.82) is 0 Å². The Balaban J connectivity index is 1.77. The third-order valence-corrected chi connectivity index (χ3v) is 3.06. The predicted molar refractivity (Wildman–Crippen MR) is 78.7 cm³/mol. The molecule has 2 rings (SSSR count). The van der Waals surface area contributed by atoms with Gasteiger partial charge < -0.3 is 9.88 Å². The minimum absolute atomic E-state index is 0.00673. The summed E-state index contributed by atoms with van der Waals surface area (Å²) in [7, 11) is 0. The summed E-state index contributed by atoms with van der Waals surface area (Å²) in [5.41, 5.74) is 1.37. The molecule has 20 heavy (non-hydrogen) atoms. The van der Waals surface area contributed by atoms with Crippen molar-refractivity contribution in [2.24, 2.45) is 0 Å². The van der Waals surface area contributed by atoms with Crippen LogP contribution in [0, 0.1) is 0 Å². The van der Waals surface area contributed by atoms with Crippen LogP contribution in [0.1, 0.15) is 30.1 Å². The first-order valence-corrected chi connectivity index (χ1v) is 6.67. The molecule has 0 radical (unpaired) electrons. The molecule has 104 valence electrons. The van der Waals surface area contributed by atoms with E-state index in [1.54, 1.807) is 24.3 Å². The lowest BCUT2D eigenvalue weighted by atomic mass is 10.1. The largest absolute Gasteiger partial charge is 0.354 e. The molecule has 4 nitrogen and oxygen atoms in total. The third kappa shape index (κ3) is 4.09. The van der Waals surface area contributed by atoms with Gasteiger partial charge in [0.1, 0.15) is 0 Å². The number of aryl methyl sites for hydroxylation is 1. The van der Waals surface area contributed by atoms with E-state index in [9.17, 15) is 9.59 Å². The molecule has 0 bridgehead atoms. The normalized spacial score (nSPS) is 10.2. The van der Waals surface area contributed by atoms with E-state index in [0.29, 0.717) is 12.0 Å². The zero-order valence-electron chi connectivity index (χ0n) is 11.5. The molecule has 1 aromatic carbocycles. The first kappa shape index (κ1) is 14.1. The fourth-order valence-electron chi connectivity index (χ4n) is 1.95. The number of amides is 1. The van der Waals surface area contributed by atoms with Crippen LogP contribution in [0.4, 0.5) is 5.69 Å². The summed E-state index contributed by atoms with van der Waals surface area (Å²) in [6.07, 6.45) is 5.25. The summed E-state index contributed by atoms with van der Waals surface area (Å²) < 4.78 is 2.05. The molecular weight excluding hydrogens is 252 g/mol. The highest BCUT2D eigenvalue weighted by Crippen LogP contribution is 2.10. The van der Waals surface area contributed by atoms with Crippen LogP contribution in [0.2, 0.25) is 0 Å². The number of aromatic nitrogens is 1. The van der Waals surface area contributed by atoms with Gasteiger partial charge in [-0.05, 0) is 49.7 Å². The number of hydrogen-bond acceptors (Lipinski definition) is 2. The van der Waals surface area contributed by atoms with E-state index in [-0.39, 0.29) is 11.7 Å². The standard InChI is InChI=1S/C16H18N2O2/c1-13(19)14-6-8-15(9-7-14)17-16(20)5-4-12-18-10-2-3-11-18/h2-3,6-11H,4-5,12H2,1H3,(H,17,20). The lowest BCUT2D eigenvalue weighted by Crippen LogP contribution is -2.12. The number of nitrogens with zero attached hydrogens (tertiary/aromatic N) is 1. The van der Waals surface area contributed by atoms with Crippen LogP contribution in [0.3, 0.4) is 0 Å². The molecule has 0 fully saturated rings. The fraction of sp³-hybridized carbons (Fsp3) is 0.250. The molecule has 0 aliphatic heterocycles. The number of carbonyl (C=O) groups is 2. The minimum atomic E-state index is -0.00673. The summed E-state index contributed by atoms with van der Waals surface area (Å²) in [4.78, 5) is 22.9. The van der Waals surface area contributed by atoms with E-state index >= 15 is 0 Å². The lowest BCUT2D eigenvalue weighted by Gasteiger charge is -2.06. The first-order chi connectivity index (χ1) is 9.65. The lowest BCUT2D eigenvalue weighted by molar-refractivity contribution is -0.116. The Morgan fingerprint density at radius 2 is 1.75 bits per heavy atom. The molecule has 1 amide bonds. The van der Waals surface area contributed by atoms with Crippen molar-refractivity contribution in [1.82, 2.24) is 4.57 Å². The maximum atomic E-state index is 11.8. The van der Waals surface area contributed by atoms with Crippen molar-refractivity contribution >= 4 is 17.4 Å². The zero-order chi connectivity index (χ0) is 14.4. The highest BCUT2D eigenvalue weighted by molar-refractivity contribution is 5.95. The van der Waals surface area contributed by atoms with Gasteiger partial charge in [0.25, 0.3) is 0 Å². The summed E-state index contributed by atoms with van der Waals surface area (Å²) in [5.74, 6) is 0.0160. The second-order valence-electron chi connectivity index (χ2n) is 4.71. The molecule has 0 saturated carbocycles. The Kier molecular flexibility index (Phi) is 4.71. The summed E-state index contributed by atoms with van der Waals surface area (Å²) in [6.45, 7) is 2.36. The zero-order valence-corrected chi connectivity index (χ0v) is 11.5. The highest BCUT2D eigenvalue weighted by atomic mass is 16.1. The van der Waals surface area contributed by atoms with Crippen LogP contribution >= 0.6 is 0 Å². The number of carbonyl (C=O) groups excluding carboxylic acids is 2. The predicted octanol–water partition coefficient (Wildman–Crippen LogP) is 3.11. The van der Waals surface area contributed by atoms with Crippen molar-refractivity contribution in [3.63, 3.8) is 0 Å². The summed E-state index contributed by atoms with van der Waals surface area (Å²) >= 11 is 0. The van der Waals surface area contributed by atoms with Gasteiger partial charge in [-0.25, -0.2) is 0 Å². The monoisotopic (exact) mass is 270 g/mol. The van der Waals surface area contributed by atoms with Gasteiger partial charge in [-0.1, -0.05) is 0 Å². The molecular formula is C16H18N2O2. The highest BCUT2D eigenvalue weighted by Gasteiger charge is 2.03. The molecule has 0 spiro atoms. The van der Waals surface area contributed by atoms with E-state index < -0.39 is 0 Å². The molecule has 0 aliphatic rings. The average Bonchev–Trinajstić information content (AvgIpc) is 2.92. The fourth-order valence-corrected chi connectivity index (χ4v) is 1.95. The van der Waals surface area contributed by atoms with Gasteiger partial charge in [-0.3, -0.25) is 9.59 Å². The molecule has 0 aliphatic carbocycles. The Morgan fingerprint density at radius 3 is 2.35 bits per heavy atom. The number of benzene rings is 1. The second kappa shape index (κ2) is 6.70. The number of ketones is 1. The van der Waals surface area contributed by atoms with Crippen molar-refractivity contribution in [2.45, 2.75) is 26.3 Å². The van der Waals surface area contributed by atoms with Gasteiger partial charge in [0.2, 0.25) is 5.91 Å². The molecule has 0 unspecified atom stereocenters. The van der Waals surface area contributed by atoms with Crippen molar-refractivity contribution in [3.05, 3.63) is 54.4 Å². The maximum Gasteiger partial charge on any atom is 0.224 e. The van der Waals surface area contributed by atoms with Gasteiger partial charge in [0.15, 0.2) is 5.78 Å². The van der Waals surface area contributed by atoms with Crippen LogP contribution in [-0.4, -0.2) is 16.3 Å². The number of Topliss-reactive ketones (excluding diaryl/α,β-unsaturated/α-hetero) is 1. The van der Waals surface area contributed by atoms with Gasteiger partial charge in [0.05, 0.1) is 0 Å². The Hall–Kier alpha value is -2.36. The topological polar surface area (TPSA) is 51.1 Å². The Labute approximate surface area is 118 Å². The van der Waals surface area contributed by atoms with Gasteiger partial charge in [0, 0.05) is 36.6 Å². The van der Waals surface area contributed by atoms with Crippen LogP contribution in [0.5, 0.6) is 0 Å². The minimum Gasteiger partial charge on any atom is -0.354 e. The van der Waals surface area contributed by atoms with Crippen LogP contribution in [0.15, 0.2) is 48.8 Å². The quantitative estimate of drug-likeness (QED) is 0.820. The molecule has 4 heteroatoms. The number of rotatable bonds is 6. The van der Waals surface area contributed by atoms with Gasteiger partial charge >= 0.3 is 0 Å². The molecule has 0 saturated heterocycles. The van der Waals surface area contributed by atoms with Gasteiger partial charge in [-0.15, -0.1) is 0 Å². The van der Waals surface area contributed by atoms with Crippen LogP contribution < -0.4 is 5.32 Å². The summed E-state index contributed by atoms with van der Waals surface area (Å²) in [5, 5.41) is 2.83. The third-order valence-electron chi connectivity index (χ3n) is 3.06. The average molecular weight is 270 g/mol.